The Balaban J connectivity index is 1.95. The second kappa shape index (κ2) is 6.99. The van der Waals surface area contributed by atoms with Crippen LogP contribution in [0.2, 0.25) is 5.02 Å². The van der Waals surface area contributed by atoms with Crippen molar-refractivity contribution < 1.29 is 19.4 Å². The second-order valence-electron chi connectivity index (χ2n) is 4.55. The fraction of sp³-hybridized carbons (Fsp3) is 0.188. The number of halogens is 1. The number of rotatable bonds is 6. The normalized spacial score (nSPS) is 11.7. The van der Waals surface area contributed by atoms with Crippen LogP contribution in [0.15, 0.2) is 48.5 Å². The van der Waals surface area contributed by atoms with E-state index >= 15 is 0 Å². The molecule has 1 N–H and O–H groups in total. The van der Waals surface area contributed by atoms with E-state index in [-0.39, 0.29) is 12.5 Å². The minimum atomic E-state index is -0.884. The van der Waals surface area contributed by atoms with Crippen molar-refractivity contribution in [2.24, 2.45) is 0 Å². The Hall–Kier alpha value is -2.20. The van der Waals surface area contributed by atoms with Gasteiger partial charge in [-0.15, -0.1) is 0 Å². The number of carboxylic acids is 1. The van der Waals surface area contributed by atoms with Gasteiger partial charge in [-0.1, -0.05) is 11.6 Å². The van der Waals surface area contributed by atoms with Gasteiger partial charge in [0, 0.05) is 5.02 Å². The van der Waals surface area contributed by atoms with Crippen LogP contribution in [0.5, 0.6) is 17.2 Å². The fourth-order valence-electron chi connectivity index (χ4n) is 1.74. The van der Waals surface area contributed by atoms with Gasteiger partial charge in [0.05, 0.1) is 6.42 Å². The van der Waals surface area contributed by atoms with Crippen molar-refractivity contribution >= 4 is 17.6 Å². The molecule has 4 nitrogen and oxygen atoms in total. The van der Waals surface area contributed by atoms with Crippen molar-refractivity contribution in [2.75, 3.05) is 0 Å². The largest absolute Gasteiger partial charge is 0.490 e. The summed E-state index contributed by atoms with van der Waals surface area (Å²) in [4.78, 5) is 10.6. The number of aliphatic carboxylic acids is 1. The van der Waals surface area contributed by atoms with Crippen molar-refractivity contribution in [3.63, 3.8) is 0 Å². The zero-order chi connectivity index (χ0) is 15.2. The van der Waals surface area contributed by atoms with Crippen LogP contribution in [0.25, 0.3) is 0 Å². The summed E-state index contributed by atoms with van der Waals surface area (Å²) in [5.41, 5.74) is 0. The number of benzene rings is 2. The Kier molecular flexibility index (Phi) is 5.06. The van der Waals surface area contributed by atoms with Crippen LogP contribution in [0.1, 0.15) is 13.3 Å². The van der Waals surface area contributed by atoms with Crippen LogP contribution in [0, 0.1) is 0 Å². The number of ether oxygens (including phenoxy) is 2. The fourth-order valence-corrected chi connectivity index (χ4v) is 1.87. The minimum Gasteiger partial charge on any atom is -0.490 e. The van der Waals surface area contributed by atoms with Crippen molar-refractivity contribution in [1.29, 1.82) is 0 Å². The highest BCUT2D eigenvalue weighted by Crippen LogP contribution is 2.25. The first-order chi connectivity index (χ1) is 10.0. The molecular weight excluding hydrogens is 292 g/mol. The van der Waals surface area contributed by atoms with Crippen molar-refractivity contribution in [3.05, 3.63) is 53.6 Å². The van der Waals surface area contributed by atoms with Crippen LogP contribution in [-0.2, 0) is 4.79 Å². The van der Waals surface area contributed by atoms with Crippen LogP contribution >= 0.6 is 11.6 Å². The van der Waals surface area contributed by atoms with E-state index in [1.807, 2.05) is 0 Å². The molecule has 0 aliphatic rings. The number of hydrogen-bond acceptors (Lipinski definition) is 3. The van der Waals surface area contributed by atoms with Crippen molar-refractivity contribution in [2.45, 2.75) is 19.4 Å². The number of carbonyl (C=O) groups is 1. The summed E-state index contributed by atoms with van der Waals surface area (Å²) < 4.78 is 11.1. The van der Waals surface area contributed by atoms with Gasteiger partial charge < -0.3 is 14.6 Å². The molecule has 0 saturated carbocycles. The first kappa shape index (κ1) is 15.2. The minimum absolute atomic E-state index is 0.0387. The molecule has 0 radical (unpaired) electrons. The Morgan fingerprint density at radius 1 is 1.05 bits per heavy atom. The van der Waals surface area contributed by atoms with Gasteiger partial charge in [-0.05, 0) is 55.5 Å². The van der Waals surface area contributed by atoms with Gasteiger partial charge in [-0.2, -0.15) is 0 Å². The van der Waals surface area contributed by atoms with E-state index in [2.05, 4.69) is 0 Å². The maximum Gasteiger partial charge on any atom is 0.307 e. The predicted octanol–water partition coefficient (Wildman–Crippen LogP) is 4.37. The quantitative estimate of drug-likeness (QED) is 0.860. The van der Waals surface area contributed by atoms with Gasteiger partial charge >= 0.3 is 5.97 Å². The number of hydrogen-bond donors (Lipinski definition) is 1. The molecular formula is C16H15ClO4. The lowest BCUT2D eigenvalue weighted by Gasteiger charge is -2.13. The monoisotopic (exact) mass is 306 g/mol. The zero-order valence-corrected chi connectivity index (χ0v) is 12.2. The molecule has 0 aliphatic heterocycles. The lowest BCUT2D eigenvalue weighted by molar-refractivity contribution is -0.138. The van der Waals surface area contributed by atoms with E-state index in [0.29, 0.717) is 22.3 Å². The smallest absolute Gasteiger partial charge is 0.307 e. The first-order valence-electron chi connectivity index (χ1n) is 6.45. The molecule has 0 spiro atoms. The molecule has 21 heavy (non-hydrogen) atoms. The van der Waals surface area contributed by atoms with E-state index < -0.39 is 5.97 Å². The summed E-state index contributed by atoms with van der Waals surface area (Å²) >= 11 is 5.81. The molecule has 0 bridgehead atoms. The zero-order valence-electron chi connectivity index (χ0n) is 11.5. The van der Waals surface area contributed by atoms with Gasteiger partial charge in [0.2, 0.25) is 0 Å². The van der Waals surface area contributed by atoms with E-state index in [0.717, 1.165) is 0 Å². The van der Waals surface area contributed by atoms with Crippen LogP contribution in [0.3, 0.4) is 0 Å². The van der Waals surface area contributed by atoms with Gasteiger partial charge in [-0.3, -0.25) is 4.79 Å². The van der Waals surface area contributed by atoms with E-state index in [4.69, 9.17) is 26.2 Å². The van der Waals surface area contributed by atoms with Gasteiger partial charge in [0.25, 0.3) is 0 Å². The van der Waals surface area contributed by atoms with E-state index in [9.17, 15) is 4.79 Å². The average molecular weight is 307 g/mol. The topological polar surface area (TPSA) is 55.8 Å². The predicted molar refractivity (Wildman–Crippen MR) is 80.3 cm³/mol. The van der Waals surface area contributed by atoms with Gasteiger partial charge in [0.1, 0.15) is 23.4 Å². The lowest BCUT2D eigenvalue weighted by Crippen LogP contribution is -2.16. The Bertz CT molecular complexity index is 593. The van der Waals surface area contributed by atoms with Crippen LogP contribution in [-0.4, -0.2) is 17.2 Å². The summed E-state index contributed by atoms with van der Waals surface area (Å²) in [5, 5.41) is 9.33. The third kappa shape index (κ3) is 5.00. The Labute approximate surface area is 127 Å². The standard InChI is InChI=1S/C16H15ClO4/c1-11(10-16(18)19)20-13-6-8-15(9-7-13)21-14-4-2-12(17)3-5-14/h2-9,11H,10H2,1H3,(H,18,19). The van der Waals surface area contributed by atoms with Crippen molar-refractivity contribution in [1.82, 2.24) is 0 Å². The molecule has 0 amide bonds. The summed E-state index contributed by atoms with van der Waals surface area (Å²) in [6.45, 7) is 1.71. The second-order valence-corrected chi connectivity index (χ2v) is 4.99. The average Bonchev–Trinajstić information content (AvgIpc) is 2.42. The summed E-state index contributed by atoms with van der Waals surface area (Å²) in [5.74, 6) is 1.07. The molecule has 0 aliphatic carbocycles. The molecule has 110 valence electrons. The molecule has 2 rings (SSSR count). The van der Waals surface area contributed by atoms with E-state index in [1.165, 1.54) is 0 Å². The molecule has 5 heteroatoms. The molecule has 1 atom stereocenters. The highest BCUT2D eigenvalue weighted by molar-refractivity contribution is 6.30. The SMILES string of the molecule is CC(CC(=O)O)Oc1ccc(Oc2ccc(Cl)cc2)cc1. The van der Waals surface area contributed by atoms with Gasteiger partial charge in [0.15, 0.2) is 0 Å². The third-order valence-corrected chi connectivity index (χ3v) is 2.92. The molecule has 0 saturated heterocycles. The molecule has 2 aromatic carbocycles. The third-order valence-electron chi connectivity index (χ3n) is 2.67. The summed E-state index contributed by atoms with van der Waals surface area (Å²) in [6.07, 6.45) is -0.422. The summed E-state index contributed by atoms with van der Waals surface area (Å²) in [7, 11) is 0. The Morgan fingerprint density at radius 3 is 2.05 bits per heavy atom. The molecule has 0 fully saturated rings. The van der Waals surface area contributed by atoms with E-state index in [1.54, 1.807) is 55.5 Å². The molecule has 0 aromatic heterocycles. The highest BCUT2D eigenvalue weighted by Gasteiger charge is 2.09. The summed E-state index contributed by atoms with van der Waals surface area (Å²) in [6, 6.07) is 14.1. The molecule has 1 unspecified atom stereocenters. The molecule has 0 heterocycles. The van der Waals surface area contributed by atoms with Gasteiger partial charge in [-0.25, -0.2) is 0 Å². The maximum atomic E-state index is 10.6. The molecule has 2 aromatic rings. The van der Waals surface area contributed by atoms with Crippen LogP contribution < -0.4 is 9.47 Å². The Morgan fingerprint density at radius 2 is 1.52 bits per heavy atom. The number of carboxylic acid groups (broad SMARTS) is 1. The maximum absolute atomic E-state index is 10.6. The van der Waals surface area contributed by atoms with Crippen LogP contribution in [0.4, 0.5) is 0 Å². The van der Waals surface area contributed by atoms with Crippen molar-refractivity contribution in [3.8, 4) is 17.2 Å². The first-order valence-corrected chi connectivity index (χ1v) is 6.82. The highest BCUT2D eigenvalue weighted by atomic mass is 35.5. The lowest BCUT2D eigenvalue weighted by atomic mass is 10.2.